The molecule has 3 N–H and O–H groups in total. The molecule has 1 fully saturated rings. The highest BCUT2D eigenvalue weighted by Gasteiger charge is 2.24. The van der Waals surface area contributed by atoms with Gasteiger partial charge in [-0.15, -0.1) is 0 Å². The smallest absolute Gasteiger partial charge is 0.275 e. The fraction of sp³-hybridized carbons (Fsp3) is 0.500. The Balaban J connectivity index is 1.47. The predicted molar refractivity (Wildman–Crippen MR) is 108 cm³/mol. The lowest BCUT2D eigenvalue weighted by atomic mass is 10.1. The van der Waals surface area contributed by atoms with Crippen LogP contribution in [0.1, 0.15) is 25.3 Å². The molecule has 27 heavy (non-hydrogen) atoms. The van der Waals surface area contributed by atoms with Crippen LogP contribution in [0.5, 0.6) is 5.75 Å². The quantitative estimate of drug-likeness (QED) is 0.574. The molecule has 0 aliphatic carbocycles. The molecule has 0 unspecified atom stereocenters. The van der Waals surface area contributed by atoms with Crippen molar-refractivity contribution >= 4 is 16.7 Å². The van der Waals surface area contributed by atoms with E-state index in [0.717, 1.165) is 57.9 Å². The summed E-state index contributed by atoms with van der Waals surface area (Å²) in [5.41, 5.74) is 1.38. The van der Waals surface area contributed by atoms with Gasteiger partial charge in [0.15, 0.2) is 6.54 Å². The molecule has 1 aliphatic heterocycles. The molecule has 0 saturated carbocycles. The molecule has 0 atom stereocenters. The van der Waals surface area contributed by atoms with Gasteiger partial charge in [0.05, 0.1) is 7.11 Å². The van der Waals surface area contributed by atoms with Gasteiger partial charge in [0.1, 0.15) is 38.5 Å². The summed E-state index contributed by atoms with van der Waals surface area (Å²) in [4.78, 5) is 15.0. The summed E-state index contributed by atoms with van der Waals surface area (Å²) in [6, 6.07) is 12.9. The Bertz CT molecular complexity index is 754. The molecule has 3 rings (SSSR count). The van der Waals surface area contributed by atoms with Crippen LogP contribution in [0.3, 0.4) is 0 Å². The van der Waals surface area contributed by atoms with Gasteiger partial charge in [-0.1, -0.05) is 31.5 Å². The highest BCUT2D eigenvalue weighted by atomic mass is 16.5. The number of nitrogens with one attached hydrogen (secondary N) is 3. The summed E-state index contributed by atoms with van der Waals surface area (Å²) in [6.07, 6.45) is 2.19. The Morgan fingerprint density at radius 3 is 2.48 bits per heavy atom. The zero-order valence-corrected chi connectivity index (χ0v) is 16.6. The van der Waals surface area contributed by atoms with E-state index >= 15 is 0 Å². The van der Waals surface area contributed by atoms with E-state index in [2.05, 4.69) is 42.6 Å². The number of benzene rings is 2. The fourth-order valence-electron chi connectivity index (χ4n) is 3.80. The van der Waals surface area contributed by atoms with E-state index in [1.165, 1.54) is 21.2 Å². The van der Waals surface area contributed by atoms with Crippen molar-refractivity contribution in [2.45, 2.75) is 26.3 Å². The van der Waals surface area contributed by atoms with Crippen LogP contribution in [-0.2, 0) is 11.3 Å². The highest BCUT2D eigenvalue weighted by Crippen LogP contribution is 2.21. The Hall–Kier alpha value is -2.11. The molecule has 0 aromatic heterocycles. The molecule has 5 nitrogen and oxygen atoms in total. The highest BCUT2D eigenvalue weighted by molar-refractivity contribution is 5.84. The average Bonchev–Trinajstić information content (AvgIpc) is 2.69. The van der Waals surface area contributed by atoms with Crippen LogP contribution < -0.4 is 19.9 Å². The SMILES string of the molecule is CCCCNC(=O)C[NH+]1CC[NH+](Cc2ccc3cc(OC)ccc3c2)CC1. The minimum absolute atomic E-state index is 0.201. The zero-order valence-electron chi connectivity index (χ0n) is 16.6. The van der Waals surface area contributed by atoms with Crippen molar-refractivity contribution in [3.05, 3.63) is 42.0 Å². The van der Waals surface area contributed by atoms with Gasteiger partial charge in [0.25, 0.3) is 5.91 Å². The number of amides is 1. The van der Waals surface area contributed by atoms with E-state index in [0.29, 0.717) is 6.54 Å². The lowest BCUT2D eigenvalue weighted by Gasteiger charge is -2.29. The monoisotopic (exact) mass is 371 g/mol. The van der Waals surface area contributed by atoms with E-state index in [-0.39, 0.29) is 5.91 Å². The summed E-state index contributed by atoms with van der Waals surface area (Å²) in [7, 11) is 1.70. The summed E-state index contributed by atoms with van der Waals surface area (Å²) < 4.78 is 5.30. The molecule has 0 bridgehead atoms. The summed E-state index contributed by atoms with van der Waals surface area (Å²) in [5, 5.41) is 5.52. The Kier molecular flexibility index (Phi) is 7.07. The second kappa shape index (κ2) is 9.72. The number of ether oxygens (including phenoxy) is 1. The first-order valence-electron chi connectivity index (χ1n) is 10.2. The molecule has 2 aromatic rings. The number of unbranched alkanes of at least 4 members (excludes halogenated alkanes) is 1. The number of methoxy groups -OCH3 is 1. The van der Waals surface area contributed by atoms with Gasteiger partial charge < -0.3 is 19.9 Å². The first-order valence-corrected chi connectivity index (χ1v) is 10.2. The number of piperazine rings is 1. The predicted octanol–water partition coefficient (Wildman–Crippen LogP) is 0.0481. The number of hydrogen-bond acceptors (Lipinski definition) is 2. The number of carbonyl (C=O) groups excluding carboxylic acids is 1. The number of rotatable bonds is 8. The second-order valence-corrected chi connectivity index (χ2v) is 7.60. The van der Waals surface area contributed by atoms with Gasteiger partial charge in [-0.3, -0.25) is 4.79 Å². The molecule has 146 valence electrons. The minimum atomic E-state index is 0.201. The summed E-state index contributed by atoms with van der Waals surface area (Å²) in [5.74, 6) is 1.10. The molecular weight excluding hydrogens is 338 g/mol. The fourth-order valence-corrected chi connectivity index (χ4v) is 3.80. The van der Waals surface area contributed by atoms with Gasteiger partial charge in [-0.25, -0.2) is 0 Å². The molecular formula is C22H33N3O2+2. The second-order valence-electron chi connectivity index (χ2n) is 7.60. The van der Waals surface area contributed by atoms with Crippen molar-refractivity contribution in [2.24, 2.45) is 0 Å². The maximum Gasteiger partial charge on any atom is 0.275 e. The van der Waals surface area contributed by atoms with E-state index in [9.17, 15) is 4.79 Å². The standard InChI is InChI=1S/C22H31N3O2/c1-3-4-9-23-22(26)17-25-12-10-24(11-13-25)16-18-5-6-20-15-21(27-2)8-7-19(20)14-18/h5-8,14-15H,3-4,9-13,16-17H2,1-2H3,(H,23,26)/p+2. The van der Waals surface area contributed by atoms with Crippen LogP contribution in [0.2, 0.25) is 0 Å². The molecule has 1 aliphatic rings. The Labute approximate surface area is 162 Å². The molecule has 0 radical (unpaired) electrons. The maximum atomic E-state index is 12.0. The van der Waals surface area contributed by atoms with Crippen molar-refractivity contribution < 1.29 is 19.3 Å². The number of fused-ring (bicyclic) bond motifs is 1. The van der Waals surface area contributed by atoms with Crippen LogP contribution in [0.4, 0.5) is 0 Å². The van der Waals surface area contributed by atoms with Gasteiger partial charge in [-0.05, 0) is 35.4 Å². The lowest BCUT2D eigenvalue weighted by molar-refractivity contribution is -1.02. The van der Waals surface area contributed by atoms with E-state index in [1.54, 1.807) is 12.0 Å². The molecule has 5 heteroatoms. The molecule has 1 heterocycles. The van der Waals surface area contributed by atoms with Crippen molar-refractivity contribution in [3.8, 4) is 5.75 Å². The van der Waals surface area contributed by atoms with Crippen LogP contribution in [0, 0.1) is 0 Å². The van der Waals surface area contributed by atoms with Crippen LogP contribution >= 0.6 is 0 Å². The molecule has 0 spiro atoms. The lowest BCUT2D eigenvalue weighted by Crippen LogP contribution is -3.28. The van der Waals surface area contributed by atoms with E-state index < -0.39 is 0 Å². The van der Waals surface area contributed by atoms with Gasteiger partial charge in [-0.2, -0.15) is 0 Å². The van der Waals surface area contributed by atoms with Crippen molar-refractivity contribution in [1.29, 1.82) is 0 Å². The van der Waals surface area contributed by atoms with Crippen molar-refractivity contribution in [3.63, 3.8) is 0 Å². The normalized spacial score (nSPS) is 19.8. The average molecular weight is 372 g/mol. The molecule has 2 aromatic carbocycles. The third kappa shape index (κ3) is 5.68. The van der Waals surface area contributed by atoms with Crippen LogP contribution in [-0.4, -0.2) is 52.3 Å². The minimum Gasteiger partial charge on any atom is -0.497 e. The molecule has 1 amide bonds. The van der Waals surface area contributed by atoms with Gasteiger partial charge >= 0.3 is 0 Å². The van der Waals surface area contributed by atoms with Crippen molar-refractivity contribution in [1.82, 2.24) is 5.32 Å². The third-order valence-corrected chi connectivity index (χ3v) is 5.49. The summed E-state index contributed by atoms with van der Waals surface area (Å²) in [6.45, 7) is 9.02. The topological polar surface area (TPSA) is 47.2 Å². The Morgan fingerprint density at radius 1 is 1.04 bits per heavy atom. The van der Waals surface area contributed by atoms with E-state index in [1.807, 2.05) is 6.07 Å². The van der Waals surface area contributed by atoms with Crippen LogP contribution in [0.25, 0.3) is 10.8 Å². The number of carbonyl (C=O) groups is 1. The largest absolute Gasteiger partial charge is 0.497 e. The summed E-state index contributed by atoms with van der Waals surface area (Å²) >= 11 is 0. The first-order chi connectivity index (χ1) is 13.2. The third-order valence-electron chi connectivity index (χ3n) is 5.49. The maximum absolute atomic E-state index is 12.0. The van der Waals surface area contributed by atoms with Crippen molar-refractivity contribution in [2.75, 3.05) is 46.4 Å². The van der Waals surface area contributed by atoms with Gasteiger partial charge in [0, 0.05) is 12.1 Å². The molecule has 1 saturated heterocycles. The number of hydrogen-bond donors (Lipinski definition) is 3. The van der Waals surface area contributed by atoms with Gasteiger partial charge in [0.2, 0.25) is 0 Å². The first kappa shape index (κ1) is 19.6. The van der Waals surface area contributed by atoms with Crippen LogP contribution in [0.15, 0.2) is 36.4 Å². The number of quaternary nitrogens is 2. The van der Waals surface area contributed by atoms with E-state index in [4.69, 9.17) is 4.74 Å². The Morgan fingerprint density at radius 2 is 1.74 bits per heavy atom. The zero-order chi connectivity index (χ0) is 19.1.